The lowest BCUT2D eigenvalue weighted by molar-refractivity contribution is 0.350. The largest absolute Gasteiger partial charge is 0.454 e. The van der Waals surface area contributed by atoms with E-state index in [1.165, 1.54) is 0 Å². The Morgan fingerprint density at radius 3 is 2.00 bits per heavy atom. The van der Waals surface area contributed by atoms with Crippen molar-refractivity contribution in [2.45, 2.75) is 0 Å². The molecule has 4 rings (SSSR count). The Labute approximate surface area is 153 Å². The average molecular weight is 379 g/mol. The van der Waals surface area contributed by atoms with Crippen LogP contribution in [0.25, 0.3) is 33.2 Å². The van der Waals surface area contributed by atoms with Gasteiger partial charge >= 0.3 is 7.75 Å². The molecule has 27 heavy (non-hydrogen) atoms. The van der Waals surface area contributed by atoms with E-state index in [0.29, 0.717) is 5.56 Å². The third-order valence-corrected chi connectivity index (χ3v) is 4.97. The molecule has 1 aromatic heterocycles. The quantitative estimate of drug-likeness (QED) is 0.530. The van der Waals surface area contributed by atoms with Crippen LogP contribution in [0.5, 0.6) is 0 Å². The summed E-state index contributed by atoms with van der Waals surface area (Å²) in [4.78, 5) is 31.8. The van der Waals surface area contributed by atoms with E-state index in [4.69, 9.17) is 0 Å². The van der Waals surface area contributed by atoms with Crippen LogP contribution in [-0.2, 0) is 4.57 Å². The SMILES string of the molecule is O=c1c2c(-c3ccccc3)c(-c3ccccc3)ccc2nnn1P(=O)(O)O. The molecule has 0 saturated heterocycles. The zero-order valence-electron chi connectivity index (χ0n) is 13.9. The summed E-state index contributed by atoms with van der Waals surface area (Å²) in [5.74, 6) is 0. The number of rotatable bonds is 3. The molecule has 0 aliphatic heterocycles. The van der Waals surface area contributed by atoms with Crippen molar-refractivity contribution in [3.8, 4) is 22.3 Å². The van der Waals surface area contributed by atoms with Crippen LogP contribution in [0.3, 0.4) is 0 Å². The minimum atomic E-state index is -4.93. The minimum absolute atomic E-state index is 0.112. The summed E-state index contributed by atoms with van der Waals surface area (Å²) in [6.45, 7) is 0. The Hall–Kier alpha value is -3.12. The molecule has 1 heterocycles. The van der Waals surface area contributed by atoms with E-state index < -0.39 is 13.3 Å². The summed E-state index contributed by atoms with van der Waals surface area (Å²) in [6.07, 6.45) is 0. The summed E-state index contributed by atoms with van der Waals surface area (Å²) < 4.78 is 11.8. The van der Waals surface area contributed by atoms with Crippen molar-refractivity contribution in [2.24, 2.45) is 0 Å². The van der Waals surface area contributed by atoms with Gasteiger partial charge in [0.1, 0.15) is 5.52 Å². The number of aromatic nitrogens is 3. The van der Waals surface area contributed by atoms with E-state index >= 15 is 0 Å². The van der Waals surface area contributed by atoms with E-state index in [1.807, 2.05) is 66.7 Å². The standard InChI is InChI=1S/C19H14N3O4P/c23-19-18-16(20-21-22(19)27(24,25)26)12-11-15(13-7-3-1-4-8-13)17(18)14-9-5-2-6-10-14/h1-12H,(H2,24,25,26). The molecule has 0 atom stereocenters. The molecule has 0 aliphatic carbocycles. The molecule has 2 N–H and O–H groups in total. The molecule has 8 heteroatoms. The van der Waals surface area contributed by atoms with E-state index in [0.717, 1.165) is 16.7 Å². The second kappa shape index (κ2) is 6.55. The Bertz CT molecular complexity index is 1230. The van der Waals surface area contributed by atoms with E-state index in [1.54, 1.807) is 6.07 Å². The molecule has 0 amide bonds. The van der Waals surface area contributed by atoms with Gasteiger partial charge in [0.2, 0.25) is 0 Å². The van der Waals surface area contributed by atoms with Crippen molar-refractivity contribution in [2.75, 3.05) is 0 Å². The lowest BCUT2D eigenvalue weighted by atomic mass is 9.92. The van der Waals surface area contributed by atoms with E-state index in [2.05, 4.69) is 10.3 Å². The highest BCUT2D eigenvalue weighted by atomic mass is 31.2. The summed E-state index contributed by atoms with van der Waals surface area (Å²) in [6, 6.07) is 22.1. The number of fused-ring (bicyclic) bond motifs is 1. The summed E-state index contributed by atoms with van der Waals surface area (Å²) in [5, 5.41) is 7.37. The molecule has 134 valence electrons. The van der Waals surface area contributed by atoms with Gasteiger partial charge in [-0.3, -0.25) is 4.79 Å². The van der Waals surface area contributed by atoms with Crippen molar-refractivity contribution >= 4 is 18.6 Å². The van der Waals surface area contributed by atoms with Gasteiger partial charge in [-0.1, -0.05) is 71.9 Å². The Morgan fingerprint density at radius 1 is 0.815 bits per heavy atom. The molecular formula is C19H14N3O4P. The Kier molecular flexibility index (Phi) is 4.20. The van der Waals surface area contributed by atoms with Gasteiger partial charge in [-0.05, 0) is 22.8 Å². The van der Waals surface area contributed by atoms with Gasteiger partial charge in [0.15, 0.2) is 0 Å². The fourth-order valence-corrected chi connectivity index (χ4v) is 3.54. The fourth-order valence-electron chi connectivity index (χ4n) is 3.06. The fraction of sp³-hybridized carbons (Fsp3) is 0. The average Bonchev–Trinajstić information content (AvgIpc) is 2.68. The van der Waals surface area contributed by atoms with Crippen LogP contribution in [0.15, 0.2) is 77.6 Å². The molecule has 0 saturated carbocycles. The van der Waals surface area contributed by atoms with Crippen LogP contribution in [0.2, 0.25) is 0 Å². The Morgan fingerprint density at radius 2 is 1.41 bits per heavy atom. The maximum atomic E-state index is 12.9. The van der Waals surface area contributed by atoms with Crippen LogP contribution in [0, 0.1) is 0 Å². The molecule has 0 unspecified atom stereocenters. The lowest BCUT2D eigenvalue weighted by Crippen LogP contribution is -2.23. The molecular weight excluding hydrogens is 365 g/mol. The van der Waals surface area contributed by atoms with E-state index in [9.17, 15) is 19.1 Å². The molecule has 0 aliphatic rings. The minimum Gasteiger partial charge on any atom is -0.307 e. The second-order valence-electron chi connectivity index (χ2n) is 5.91. The summed E-state index contributed by atoms with van der Waals surface area (Å²) in [7, 11) is -4.93. The van der Waals surface area contributed by atoms with Gasteiger partial charge < -0.3 is 9.79 Å². The first-order valence-electron chi connectivity index (χ1n) is 8.07. The van der Waals surface area contributed by atoms with Gasteiger partial charge in [0.25, 0.3) is 5.56 Å². The van der Waals surface area contributed by atoms with Gasteiger partial charge in [-0.2, -0.15) is 0 Å². The number of hydrogen-bond donors (Lipinski definition) is 2. The molecule has 4 aromatic rings. The second-order valence-corrected chi connectivity index (χ2v) is 7.32. The van der Waals surface area contributed by atoms with Crippen molar-refractivity contribution in [1.82, 2.24) is 14.8 Å². The highest BCUT2D eigenvalue weighted by Gasteiger charge is 2.24. The van der Waals surface area contributed by atoms with Gasteiger partial charge in [0, 0.05) is 5.56 Å². The normalized spacial score (nSPS) is 11.6. The maximum Gasteiger partial charge on any atom is 0.454 e. The van der Waals surface area contributed by atoms with Crippen molar-refractivity contribution in [3.05, 3.63) is 83.2 Å². The van der Waals surface area contributed by atoms with Crippen molar-refractivity contribution < 1.29 is 14.4 Å². The van der Waals surface area contributed by atoms with Gasteiger partial charge in [-0.25, -0.2) is 4.57 Å². The molecule has 3 aromatic carbocycles. The summed E-state index contributed by atoms with van der Waals surface area (Å²) >= 11 is 0. The van der Waals surface area contributed by atoms with Crippen LogP contribution >= 0.6 is 7.75 Å². The lowest BCUT2D eigenvalue weighted by Gasteiger charge is -2.14. The predicted molar refractivity (Wildman–Crippen MR) is 102 cm³/mol. The first-order valence-corrected chi connectivity index (χ1v) is 9.63. The number of nitrogens with zero attached hydrogens (tertiary/aromatic N) is 3. The number of hydrogen-bond acceptors (Lipinski definition) is 4. The van der Waals surface area contributed by atoms with Gasteiger partial charge in [-0.15, -0.1) is 9.55 Å². The van der Waals surface area contributed by atoms with E-state index in [-0.39, 0.29) is 15.4 Å². The molecule has 0 fully saturated rings. The highest BCUT2D eigenvalue weighted by Crippen LogP contribution is 2.38. The van der Waals surface area contributed by atoms with Gasteiger partial charge in [0.05, 0.1) is 5.39 Å². The number of benzene rings is 3. The van der Waals surface area contributed by atoms with Crippen LogP contribution < -0.4 is 5.56 Å². The monoisotopic (exact) mass is 379 g/mol. The van der Waals surface area contributed by atoms with Crippen molar-refractivity contribution in [1.29, 1.82) is 0 Å². The first-order chi connectivity index (χ1) is 13.0. The zero-order chi connectivity index (χ0) is 19.0. The third-order valence-electron chi connectivity index (χ3n) is 4.21. The molecule has 0 spiro atoms. The zero-order valence-corrected chi connectivity index (χ0v) is 14.8. The predicted octanol–water partition coefficient (Wildman–Crippen LogP) is 3.07. The van der Waals surface area contributed by atoms with Crippen LogP contribution in [0.4, 0.5) is 0 Å². The smallest absolute Gasteiger partial charge is 0.307 e. The molecule has 0 bridgehead atoms. The molecule has 7 nitrogen and oxygen atoms in total. The summed E-state index contributed by atoms with van der Waals surface area (Å²) in [5.41, 5.74) is 2.31. The molecule has 0 radical (unpaired) electrons. The maximum absolute atomic E-state index is 12.9. The van der Waals surface area contributed by atoms with Crippen LogP contribution in [-0.4, -0.2) is 24.6 Å². The first kappa shape index (κ1) is 17.3. The third kappa shape index (κ3) is 3.08. The highest BCUT2D eigenvalue weighted by molar-refractivity contribution is 7.49. The van der Waals surface area contributed by atoms with Crippen LogP contribution in [0.1, 0.15) is 0 Å². The van der Waals surface area contributed by atoms with Crippen molar-refractivity contribution in [3.63, 3.8) is 0 Å². The topological polar surface area (TPSA) is 105 Å². The Balaban J connectivity index is 2.19.